The number of halogens is 3. The summed E-state index contributed by atoms with van der Waals surface area (Å²) < 4.78 is 24.6. The van der Waals surface area contributed by atoms with E-state index in [0.717, 1.165) is 6.07 Å². The van der Waals surface area contributed by atoms with E-state index in [4.69, 9.17) is 16.9 Å². The molecule has 0 spiro atoms. The van der Waals surface area contributed by atoms with Crippen LogP contribution in [-0.2, 0) is 5.88 Å². The maximum atomic E-state index is 12.3. The van der Waals surface area contributed by atoms with Gasteiger partial charge in [-0.05, 0) is 6.07 Å². The Bertz CT molecular complexity index is 429. The standard InChI is InChI=1S/C9H5ClF2N2O/c10-2-6-5(3-13)1-7(9(11)12)14-8(6)4-15/h1,4,9H,2H2. The zero-order valence-corrected chi connectivity index (χ0v) is 8.13. The van der Waals surface area contributed by atoms with Crippen LogP contribution in [0.1, 0.15) is 33.7 Å². The molecule has 6 heteroatoms. The van der Waals surface area contributed by atoms with E-state index in [-0.39, 0.29) is 22.7 Å². The molecule has 0 saturated heterocycles. The van der Waals surface area contributed by atoms with Crippen molar-refractivity contribution in [2.45, 2.75) is 12.3 Å². The summed E-state index contributed by atoms with van der Waals surface area (Å²) in [5.41, 5.74) is -0.669. The van der Waals surface area contributed by atoms with Gasteiger partial charge in [-0.3, -0.25) is 4.79 Å². The van der Waals surface area contributed by atoms with Crippen molar-refractivity contribution in [2.75, 3.05) is 0 Å². The monoisotopic (exact) mass is 230 g/mol. The predicted molar refractivity (Wildman–Crippen MR) is 48.9 cm³/mol. The van der Waals surface area contributed by atoms with Gasteiger partial charge in [0.25, 0.3) is 6.43 Å². The first-order chi connectivity index (χ1) is 7.13. The number of nitriles is 1. The lowest BCUT2D eigenvalue weighted by Crippen LogP contribution is -2.03. The van der Waals surface area contributed by atoms with Gasteiger partial charge in [-0.1, -0.05) is 0 Å². The Kier molecular flexibility index (Phi) is 3.69. The molecule has 0 atom stereocenters. The van der Waals surface area contributed by atoms with Gasteiger partial charge in [0.1, 0.15) is 11.4 Å². The van der Waals surface area contributed by atoms with E-state index in [1.807, 2.05) is 0 Å². The molecule has 0 aliphatic rings. The predicted octanol–water partition coefficient (Wildman–Crippen LogP) is 2.44. The van der Waals surface area contributed by atoms with Crippen LogP contribution in [0.4, 0.5) is 8.78 Å². The number of rotatable bonds is 3. The van der Waals surface area contributed by atoms with Gasteiger partial charge in [0.05, 0.1) is 17.5 Å². The molecule has 1 aromatic heterocycles. The van der Waals surface area contributed by atoms with Crippen molar-refractivity contribution in [3.8, 4) is 6.07 Å². The third-order valence-corrected chi connectivity index (χ3v) is 2.03. The van der Waals surface area contributed by atoms with Crippen LogP contribution in [-0.4, -0.2) is 11.3 Å². The van der Waals surface area contributed by atoms with Gasteiger partial charge >= 0.3 is 0 Å². The molecule has 0 fully saturated rings. The summed E-state index contributed by atoms with van der Waals surface area (Å²) in [7, 11) is 0. The second-order valence-electron chi connectivity index (χ2n) is 2.62. The van der Waals surface area contributed by atoms with E-state index in [2.05, 4.69) is 4.98 Å². The summed E-state index contributed by atoms with van der Waals surface area (Å²) >= 11 is 5.49. The highest BCUT2D eigenvalue weighted by molar-refractivity contribution is 6.17. The highest BCUT2D eigenvalue weighted by atomic mass is 35.5. The summed E-state index contributed by atoms with van der Waals surface area (Å²) in [6, 6.07) is 2.64. The molecule has 0 radical (unpaired) electrons. The molecule has 1 aromatic rings. The fraction of sp³-hybridized carbons (Fsp3) is 0.222. The van der Waals surface area contributed by atoms with Crippen LogP contribution in [0, 0.1) is 11.3 Å². The van der Waals surface area contributed by atoms with E-state index < -0.39 is 12.1 Å². The second-order valence-corrected chi connectivity index (χ2v) is 2.89. The lowest BCUT2D eigenvalue weighted by Gasteiger charge is -2.05. The molecule has 0 N–H and O–H groups in total. The Morgan fingerprint density at radius 2 is 2.33 bits per heavy atom. The van der Waals surface area contributed by atoms with Crippen molar-refractivity contribution in [1.29, 1.82) is 5.26 Å². The molecule has 0 bridgehead atoms. The van der Waals surface area contributed by atoms with Crippen molar-refractivity contribution >= 4 is 17.9 Å². The topological polar surface area (TPSA) is 53.8 Å². The fourth-order valence-electron chi connectivity index (χ4n) is 1.06. The summed E-state index contributed by atoms with van der Waals surface area (Å²) in [5.74, 6) is -0.118. The zero-order chi connectivity index (χ0) is 11.4. The average Bonchev–Trinajstić information content (AvgIpc) is 2.26. The number of carbonyl (C=O) groups excluding carboxylic acids is 1. The highest BCUT2D eigenvalue weighted by Gasteiger charge is 2.16. The van der Waals surface area contributed by atoms with Crippen molar-refractivity contribution in [3.63, 3.8) is 0 Å². The first-order valence-electron chi connectivity index (χ1n) is 3.87. The Labute approximate surface area is 89.3 Å². The third kappa shape index (κ3) is 2.28. The quantitative estimate of drug-likeness (QED) is 0.592. The third-order valence-electron chi connectivity index (χ3n) is 1.77. The van der Waals surface area contributed by atoms with Gasteiger partial charge in [-0.2, -0.15) is 5.26 Å². The number of aldehydes is 1. The van der Waals surface area contributed by atoms with E-state index in [0.29, 0.717) is 6.29 Å². The first-order valence-corrected chi connectivity index (χ1v) is 4.40. The number of hydrogen-bond acceptors (Lipinski definition) is 3. The minimum absolute atomic E-state index is 0.0441. The molecule has 1 heterocycles. The van der Waals surface area contributed by atoms with E-state index in [9.17, 15) is 13.6 Å². The van der Waals surface area contributed by atoms with Crippen LogP contribution in [0.5, 0.6) is 0 Å². The lowest BCUT2D eigenvalue weighted by atomic mass is 10.1. The molecule has 15 heavy (non-hydrogen) atoms. The number of carbonyl (C=O) groups is 1. The molecule has 0 aliphatic heterocycles. The van der Waals surface area contributed by atoms with Crippen LogP contribution in [0.2, 0.25) is 0 Å². The van der Waals surface area contributed by atoms with E-state index >= 15 is 0 Å². The Morgan fingerprint density at radius 3 is 2.73 bits per heavy atom. The number of hydrogen-bond donors (Lipinski definition) is 0. The van der Waals surface area contributed by atoms with Gasteiger partial charge < -0.3 is 0 Å². The SMILES string of the molecule is N#Cc1cc(C(F)F)nc(C=O)c1CCl. The van der Waals surface area contributed by atoms with Gasteiger partial charge in [0, 0.05) is 5.56 Å². The first kappa shape index (κ1) is 11.5. The maximum absolute atomic E-state index is 12.3. The summed E-state index contributed by atoms with van der Waals surface area (Å²) in [6.45, 7) is 0. The Balaban J connectivity index is 3.44. The smallest absolute Gasteiger partial charge is 0.280 e. The van der Waals surface area contributed by atoms with Gasteiger partial charge in [-0.25, -0.2) is 13.8 Å². The van der Waals surface area contributed by atoms with Crippen LogP contribution >= 0.6 is 11.6 Å². The van der Waals surface area contributed by atoms with Crippen LogP contribution in [0.15, 0.2) is 6.07 Å². The number of aromatic nitrogens is 1. The number of pyridine rings is 1. The summed E-state index contributed by atoms with van der Waals surface area (Å²) in [5, 5.41) is 8.68. The molecule has 0 saturated carbocycles. The minimum Gasteiger partial charge on any atom is -0.296 e. The highest BCUT2D eigenvalue weighted by Crippen LogP contribution is 2.22. The Hall–Kier alpha value is -1.54. The molecule has 0 aromatic carbocycles. The van der Waals surface area contributed by atoms with Crippen molar-refractivity contribution in [1.82, 2.24) is 4.98 Å². The van der Waals surface area contributed by atoms with Gasteiger partial charge in [0.2, 0.25) is 0 Å². The Morgan fingerprint density at radius 1 is 1.67 bits per heavy atom. The van der Waals surface area contributed by atoms with E-state index in [1.165, 1.54) is 0 Å². The van der Waals surface area contributed by atoms with Gasteiger partial charge in [0.15, 0.2) is 6.29 Å². The molecule has 0 amide bonds. The van der Waals surface area contributed by atoms with Crippen molar-refractivity contribution in [3.05, 3.63) is 28.6 Å². The minimum atomic E-state index is -2.82. The fourth-order valence-corrected chi connectivity index (χ4v) is 1.34. The molecule has 78 valence electrons. The maximum Gasteiger partial charge on any atom is 0.280 e. The van der Waals surface area contributed by atoms with Crippen LogP contribution in [0.25, 0.3) is 0 Å². The van der Waals surface area contributed by atoms with Crippen molar-refractivity contribution in [2.24, 2.45) is 0 Å². The summed E-state index contributed by atoms with van der Waals surface area (Å²) in [4.78, 5) is 14.0. The molecule has 0 unspecified atom stereocenters. The normalized spacial score (nSPS) is 10.1. The molecular weight excluding hydrogens is 226 g/mol. The summed E-state index contributed by atoms with van der Waals surface area (Å²) in [6.07, 6.45) is -2.51. The van der Waals surface area contributed by atoms with Crippen molar-refractivity contribution < 1.29 is 13.6 Å². The van der Waals surface area contributed by atoms with Gasteiger partial charge in [-0.15, -0.1) is 11.6 Å². The second kappa shape index (κ2) is 4.80. The largest absolute Gasteiger partial charge is 0.296 e. The molecular formula is C9H5ClF2N2O. The number of alkyl halides is 3. The van der Waals surface area contributed by atoms with E-state index in [1.54, 1.807) is 6.07 Å². The van der Waals surface area contributed by atoms with Crippen LogP contribution < -0.4 is 0 Å². The average molecular weight is 231 g/mol. The molecule has 3 nitrogen and oxygen atoms in total. The number of nitrogens with zero attached hydrogens (tertiary/aromatic N) is 2. The zero-order valence-electron chi connectivity index (χ0n) is 7.38. The molecule has 0 aliphatic carbocycles. The lowest BCUT2D eigenvalue weighted by molar-refractivity contribution is 0.111. The van der Waals surface area contributed by atoms with Crippen LogP contribution in [0.3, 0.4) is 0 Å². The molecule has 1 rings (SSSR count).